The van der Waals surface area contributed by atoms with Gasteiger partial charge in [-0.2, -0.15) is 0 Å². The summed E-state index contributed by atoms with van der Waals surface area (Å²) >= 11 is 0. The number of rotatable bonds is 7. The van der Waals surface area contributed by atoms with Crippen LogP contribution in [0.15, 0.2) is 48.5 Å². The molecule has 0 amide bonds. The standard InChI is InChI=1S/C24H33NO3/c1-5-6-15-24(26)16-22(18-7-11-20(27-3)12-8-18)25-23(17(24)2)19-9-13-21(28-4)14-10-19/h7-14,17,22-23,25-26H,5-6,15-16H2,1-4H3/t17-,22-,23-,24+/m1/s1. The Kier molecular flexibility index (Phi) is 6.63. The Labute approximate surface area is 168 Å². The van der Waals surface area contributed by atoms with Gasteiger partial charge in [0.25, 0.3) is 0 Å². The molecule has 0 aromatic heterocycles. The normalized spacial score (nSPS) is 27.4. The highest BCUT2D eigenvalue weighted by atomic mass is 16.5. The summed E-state index contributed by atoms with van der Waals surface area (Å²) in [5.41, 5.74) is 1.67. The number of hydrogen-bond acceptors (Lipinski definition) is 4. The number of piperidine rings is 1. The van der Waals surface area contributed by atoms with Gasteiger partial charge in [0.2, 0.25) is 0 Å². The molecule has 2 N–H and O–H groups in total. The maximum atomic E-state index is 11.6. The van der Waals surface area contributed by atoms with Crippen molar-refractivity contribution in [3.8, 4) is 11.5 Å². The second kappa shape index (κ2) is 8.97. The van der Waals surface area contributed by atoms with E-state index in [1.54, 1.807) is 14.2 Å². The highest BCUT2D eigenvalue weighted by molar-refractivity contribution is 5.33. The number of aliphatic hydroxyl groups is 1. The van der Waals surface area contributed by atoms with E-state index in [-0.39, 0.29) is 18.0 Å². The Hall–Kier alpha value is -2.04. The van der Waals surface area contributed by atoms with Crippen LogP contribution in [0, 0.1) is 5.92 Å². The average Bonchev–Trinajstić information content (AvgIpc) is 2.74. The lowest BCUT2D eigenvalue weighted by Crippen LogP contribution is -2.52. The van der Waals surface area contributed by atoms with Crippen molar-refractivity contribution >= 4 is 0 Å². The molecule has 0 radical (unpaired) electrons. The van der Waals surface area contributed by atoms with Crippen LogP contribution in [0.2, 0.25) is 0 Å². The van der Waals surface area contributed by atoms with Crippen LogP contribution >= 0.6 is 0 Å². The van der Waals surface area contributed by atoms with E-state index >= 15 is 0 Å². The Bertz CT molecular complexity index is 743. The largest absolute Gasteiger partial charge is 0.497 e. The number of ether oxygens (including phenoxy) is 2. The fourth-order valence-corrected chi connectivity index (χ4v) is 4.33. The molecule has 1 saturated heterocycles. The first-order valence-corrected chi connectivity index (χ1v) is 10.3. The summed E-state index contributed by atoms with van der Waals surface area (Å²) < 4.78 is 10.6. The van der Waals surface area contributed by atoms with Crippen LogP contribution in [0.25, 0.3) is 0 Å². The second-order valence-corrected chi connectivity index (χ2v) is 7.94. The average molecular weight is 384 g/mol. The molecule has 1 aliphatic heterocycles. The predicted octanol–water partition coefficient (Wildman–Crippen LogP) is 5.04. The van der Waals surface area contributed by atoms with Crippen molar-refractivity contribution in [3.63, 3.8) is 0 Å². The van der Waals surface area contributed by atoms with E-state index in [1.165, 1.54) is 11.1 Å². The molecule has 2 aromatic rings. The lowest BCUT2D eigenvalue weighted by Gasteiger charge is -2.48. The van der Waals surface area contributed by atoms with Gasteiger partial charge in [0, 0.05) is 18.0 Å². The van der Waals surface area contributed by atoms with Crippen molar-refractivity contribution < 1.29 is 14.6 Å². The van der Waals surface area contributed by atoms with E-state index in [0.717, 1.165) is 30.8 Å². The van der Waals surface area contributed by atoms with E-state index in [4.69, 9.17) is 9.47 Å². The van der Waals surface area contributed by atoms with Gasteiger partial charge in [-0.25, -0.2) is 0 Å². The Morgan fingerprint density at radius 3 is 2.00 bits per heavy atom. The fourth-order valence-electron chi connectivity index (χ4n) is 4.33. The maximum Gasteiger partial charge on any atom is 0.118 e. The Balaban J connectivity index is 1.92. The van der Waals surface area contributed by atoms with Crippen LogP contribution < -0.4 is 14.8 Å². The van der Waals surface area contributed by atoms with Crippen molar-refractivity contribution in [1.29, 1.82) is 0 Å². The second-order valence-electron chi connectivity index (χ2n) is 7.94. The molecule has 0 saturated carbocycles. The molecular formula is C24H33NO3. The molecule has 28 heavy (non-hydrogen) atoms. The van der Waals surface area contributed by atoms with E-state index in [0.29, 0.717) is 6.42 Å². The van der Waals surface area contributed by atoms with Crippen molar-refractivity contribution in [2.24, 2.45) is 5.92 Å². The van der Waals surface area contributed by atoms with Crippen LogP contribution in [-0.2, 0) is 0 Å². The summed E-state index contributed by atoms with van der Waals surface area (Å²) in [5.74, 6) is 1.81. The zero-order valence-electron chi connectivity index (χ0n) is 17.4. The van der Waals surface area contributed by atoms with Crippen molar-refractivity contribution in [3.05, 3.63) is 59.7 Å². The number of methoxy groups -OCH3 is 2. The first-order chi connectivity index (χ1) is 13.5. The van der Waals surface area contributed by atoms with Crippen LogP contribution in [0.4, 0.5) is 0 Å². The van der Waals surface area contributed by atoms with Gasteiger partial charge in [-0.05, 0) is 48.2 Å². The summed E-state index contributed by atoms with van der Waals surface area (Å²) in [7, 11) is 3.36. The number of benzene rings is 2. The molecule has 0 spiro atoms. The first-order valence-electron chi connectivity index (χ1n) is 10.3. The van der Waals surface area contributed by atoms with Crippen LogP contribution in [0.5, 0.6) is 11.5 Å². The van der Waals surface area contributed by atoms with Gasteiger partial charge >= 0.3 is 0 Å². The van der Waals surface area contributed by atoms with Crippen molar-refractivity contribution in [1.82, 2.24) is 5.32 Å². The highest BCUT2D eigenvalue weighted by Gasteiger charge is 2.45. The van der Waals surface area contributed by atoms with E-state index < -0.39 is 5.60 Å². The minimum Gasteiger partial charge on any atom is -0.497 e. The van der Waals surface area contributed by atoms with Gasteiger partial charge in [-0.3, -0.25) is 0 Å². The maximum absolute atomic E-state index is 11.6. The fraction of sp³-hybridized carbons (Fsp3) is 0.500. The third-order valence-electron chi connectivity index (χ3n) is 6.24. The van der Waals surface area contributed by atoms with Crippen LogP contribution in [-0.4, -0.2) is 24.9 Å². The van der Waals surface area contributed by atoms with Gasteiger partial charge in [-0.15, -0.1) is 0 Å². The van der Waals surface area contributed by atoms with Crippen molar-refractivity contribution in [2.75, 3.05) is 14.2 Å². The van der Waals surface area contributed by atoms with E-state index in [2.05, 4.69) is 43.4 Å². The molecule has 4 atom stereocenters. The smallest absolute Gasteiger partial charge is 0.118 e. The van der Waals surface area contributed by atoms with Crippen LogP contribution in [0.1, 0.15) is 62.7 Å². The predicted molar refractivity (Wildman–Crippen MR) is 113 cm³/mol. The zero-order chi connectivity index (χ0) is 20.1. The molecule has 0 bridgehead atoms. The molecule has 1 aliphatic rings. The summed E-state index contributed by atoms with van der Waals surface area (Å²) in [4.78, 5) is 0. The molecule has 4 heteroatoms. The van der Waals surface area contributed by atoms with E-state index in [1.807, 2.05) is 24.3 Å². The number of hydrogen-bond donors (Lipinski definition) is 2. The van der Waals surface area contributed by atoms with Gasteiger partial charge in [0.15, 0.2) is 0 Å². The topological polar surface area (TPSA) is 50.7 Å². The minimum absolute atomic E-state index is 0.0774. The molecule has 2 aromatic carbocycles. The first kappa shape index (κ1) is 20.7. The lowest BCUT2D eigenvalue weighted by molar-refractivity contribution is -0.0752. The molecule has 4 nitrogen and oxygen atoms in total. The molecule has 152 valence electrons. The van der Waals surface area contributed by atoms with Gasteiger partial charge in [0.1, 0.15) is 11.5 Å². The number of unbranched alkanes of at least 4 members (excludes halogenated alkanes) is 1. The highest BCUT2D eigenvalue weighted by Crippen LogP contribution is 2.45. The molecule has 0 unspecified atom stereocenters. The zero-order valence-corrected chi connectivity index (χ0v) is 17.4. The molecule has 0 aliphatic carbocycles. The molecule has 3 rings (SSSR count). The monoisotopic (exact) mass is 383 g/mol. The number of nitrogens with one attached hydrogen (secondary N) is 1. The Morgan fingerprint density at radius 1 is 0.964 bits per heavy atom. The van der Waals surface area contributed by atoms with Crippen LogP contribution in [0.3, 0.4) is 0 Å². The third kappa shape index (κ3) is 4.34. The van der Waals surface area contributed by atoms with Crippen molar-refractivity contribution in [2.45, 2.75) is 57.2 Å². The van der Waals surface area contributed by atoms with E-state index in [9.17, 15) is 5.11 Å². The van der Waals surface area contributed by atoms with Gasteiger partial charge in [-0.1, -0.05) is 51.0 Å². The summed E-state index contributed by atoms with van der Waals surface area (Å²) in [6.07, 6.45) is 3.66. The Morgan fingerprint density at radius 2 is 1.50 bits per heavy atom. The summed E-state index contributed by atoms with van der Waals surface area (Å²) in [5, 5.41) is 15.4. The quantitative estimate of drug-likeness (QED) is 0.703. The summed E-state index contributed by atoms with van der Waals surface area (Å²) in [6, 6.07) is 16.5. The minimum atomic E-state index is -0.698. The van der Waals surface area contributed by atoms with Gasteiger partial charge in [0.05, 0.1) is 19.8 Å². The lowest BCUT2D eigenvalue weighted by atomic mass is 9.70. The van der Waals surface area contributed by atoms with Gasteiger partial charge < -0.3 is 19.9 Å². The summed E-state index contributed by atoms with van der Waals surface area (Å²) in [6.45, 7) is 4.35. The molecule has 1 fully saturated rings. The molecule has 1 heterocycles. The SMILES string of the molecule is CCCC[C@]1(O)C[C@H](c2ccc(OC)cc2)N[C@@H](c2ccc(OC)cc2)[C@H]1C. The third-order valence-corrected chi connectivity index (χ3v) is 6.24. The molecular weight excluding hydrogens is 350 g/mol.